The molecule has 0 saturated carbocycles. The molecule has 0 aliphatic heterocycles. The second kappa shape index (κ2) is 6.10. The van der Waals surface area contributed by atoms with Gasteiger partial charge < -0.3 is 0 Å². The molecule has 114 valence electrons. The molecule has 2 heterocycles. The van der Waals surface area contributed by atoms with E-state index >= 15 is 0 Å². The fraction of sp³-hybridized carbons (Fsp3) is 0.250. The van der Waals surface area contributed by atoms with Crippen LogP contribution in [0.25, 0.3) is 10.2 Å². The van der Waals surface area contributed by atoms with Gasteiger partial charge in [-0.25, -0.2) is 4.79 Å². The number of halogens is 1. The quantitative estimate of drug-likeness (QED) is 0.734. The first-order valence-corrected chi connectivity index (χ1v) is 8.33. The second-order valence-corrected chi connectivity index (χ2v) is 6.44. The van der Waals surface area contributed by atoms with Gasteiger partial charge in [0.1, 0.15) is 4.70 Å². The lowest BCUT2D eigenvalue weighted by Gasteiger charge is -2.12. The molecule has 0 saturated heterocycles. The van der Waals surface area contributed by atoms with Crippen LogP contribution in [0.2, 0.25) is 5.02 Å². The van der Waals surface area contributed by atoms with Crippen molar-refractivity contribution >= 4 is 33.2 Å². The van der Waals surface area contributed by atoms with Gasteiger partial charge in [-0.2, -0.15) is 0 Å². The average Bonchev–Trinajstić information content (AvgIpc) is 2.98. The van der Waals surface area contributed by atoms with Gasteiger partial charge in [-0.1, -0.05) is 30.7 Å². The van der Waals surface area contributed by atoms with E-state index in [1.54, 1.807) is 10.6 Å². The van der Waals surface area contributed by atoms with Crippen molar-refractivity contribution < 1.29 is 0 Å². The van der Waals surface area contributed by atoms with E-state index in [0.717, 1.165) is 12.0 Å². The zero-order chi connectivity index (χ0) is 15.7. The summed E-state index contributed by atoms with van der Waals surface area (Å²) in [5, 5.41) is 2.48. The van der Waals surface area contributed by atoms with Gasteiger partial charge in [-0.3, -0.25) is 13.9 Å². The maximum atomic E-state index is 12.7. The van der Waals surface area contributed by atoms with Gasteiger partial charge in [0.15, 0.2) is 0 Å². The van der Waals surface area contributed by atoms with Crippen LogP contribution in [0, 0.1) is 0 Å². The minimum Gasteiger partial charge on any atom is -0.288 e. The van der Waals surface area contributed by atoms with Gasteiger partial charge in [0.2, 0.25) is 0 Å². The molecular formula is C16H15ClN2O2S. The lowest BCUT2D eigenvalue weighted by Crippen LogP contribution is -2.39. The molecule has 3 rings (SSSR count). The summed E-state index contributed by atoms with van der Waals surface area (Å²) in [5.41, 5.74) is 1.16. The molecule has 0 spiro atoms. The Labute approximate surface area is 136 Å². The standard InChI is InChI=1S/C16H15ClN2O2S/c1-2-7-18-15(20)14-13(6-8-22-14)19(16(18)21)10-11-4-3-5-12(17)9-11/h3-6,8-9H,2,7,10H2,1H3. The number of fused-ring (bicyclic) bond motifs is 1. The van der Waals surface area contributed by atoms with E-state index in [2.05, 4.69) is 0 Å². The van der Waals surface area contributed by atoms with Crippen molar-refractivity contribution in [2.24, 2.45) is 0 Å². The minimum absolute atomic E-state index is 0.195. The van der Waals surface area contributed by atoms with Crippen LogP contribution < -0.4 is 11.2 Å². The van der Waals surface area contributed by atoms with Gasteiger partial charge in [-0.05, 0) is 35.6 Å². The summed E-state index contributed by atoms with van der Waals surface area (Å²) in [7, 11) is 0. The maximum absolute atomic E-state index is 12.7. The lowest BCUT2D eigenvalue weighted by atomic mass is 10.2. The monoisotopic (exact) mass is 334 g/mol. The molecular weight excluding hydrogens is 320 g/mol. The first-order valence-electron chi connectivity index (χ1n) is 7.07. The Kier molecular flexibility index (Phi) is 4.18. The topological polar surface area (TPSA) is 44.0 Å². The number of thiophene rings is 1. The van der Waals surface area contributed by atoms with Crippen LogP contribution in [-0.4, -0.2) is 9.13 Å². The molecule has 0 unspecified atom stereocenters. The molecule has 0 aliphatic rings. The second-order valence-electron chi connectivity index (χ2n) is 5.09. The predicted octanol–water partition coefficient (Wildman–Crippen LogP) is 3.34. The van der Waals surface area contributed by atoms with E-state index in [4.69, 9.17) is 11.6 Å². The number of nitrogens with zero attached hydrogens (tertiary/aromatic N) is 2. The predicted molar refractivity (Wildman–Crippen MR) is 91.2 cm³/mol. The van der Waals surface area contributed by atoms with E-state index in [1.165, 1.54) is 15.9 Å². The van der Waals surface area contributed by atoms with Crippen LogP contribution in [0.4, 0.5) is 0 Å². The Morgan fingerprint density at radius 1 is 1.18 bits per heavy atom. The van der Waals surface area contributed by atoms with Crippen molar-refractivity contribution in [3.63, 3.8) is 0 Å². The van der Waals surface area contributed by atoms with Crippen molar-refractivity contribution in [3.05, 3.63) is 67.1 Å². The van der Waals surface area contributed by atoms with Crippen molar-refractivity contribution in [1.82, 2.24) is 9.13 Å². The maximum Gasteiger partial charge on any atom is 0.331 e. The molecule has 0 bridgehead atoms. The smallest absolute Gasteiger partial charge is 0.288 e. The SMILES string of the molecule is CCCn1c(=O)c2sccc2n(Cc2cccc(Cl)c2)c1=O. The molecule has 0 atom stereocenters. The molecule has 0 N–H and O–H groups in total. The molecule has 0 aliphatic carbocycles. The first kappa shape index (κ1) is 15.1. The number of rotatable bonds is 4. The van der Waals surface area contributed by atoms with Gasteiger partial charge in [0.05, 0.1) is 12.1 Å². The summed E-state index contributed by atoms with van der Waals surface area (Å²) in [5.74, 6) is 0. The summed E-state index contributed by atoms with van der Waals surface area (Å²) < 4.78 is 3.59. The van der Waals surface area contributed by atoms with Crippen LogP contribution in [-0.2, 0) is 13.1 Å². The molecule has 2 aromatic heterocycles. The first-order chi connectivity index (χ1) is 10.6. The Bertz CT molecular complexity index is 939. The van der Waals surface area contributed by atoms with Crippen LogP contribution >= 0.6 is 22.9 Å². The summed E-state index contributed by atoms with van der Waals surface area (Å²) in [6.45, 7) is 2.78. The van der Waals surface area contributed by atoms with E-state index in [0.29, 0.717) is 28.3 Å². The van der Waals surface area contributed by atoms with Crippen LogP contribution in [0.15, 0.2) is 45.3 Å². The number of hydrogen-bond acceptors (Lipinski definition) is 3. The molecule has 1 aromatic carbocycles. The van der Waals surface area contributed by atoms with Gasteiger partial charge in [-0.15, -0.1) is 11.3 Å². The number of hydrogen-bond donors (Lipinski definition) is 0. The van der Waals surface area contributed by atoms with E-state index in [-0.39, 0.29) is 11.2 Å². The largest absolute Gasteiger partial charge is 0.331 e. The van der Waals surface area contributed by atoms with Crippen LogP contribution in [0.5, 0.6) is 0 Å². The van der Waals surface area contributed by atoms with Gasteiger partial charge in [0.25, 0.3) is 5.56 Å². The molecule has 22 heavy (non-hydrogen) atoms. The van der Waals surface area contributed by atoms with E-state index < -0.39 is 0 Å². The Balaban J connectivity index is 2.22. The molecule has 0 amide bonds. The third kappa shape index (κ3) is 2.62. The average molecular weight is 335 g/mol. The number of aromatic nitrogens is 2. The van der Waals surface area contributed by atoms with Crippen LogP contribution in [0.3, 0.4) is 0 Å². The summed E-state index contributed by atoms with van der Waals surface area (Å²) in [6.07, 6.45) is 0.739. The molecule has 6 heteroatoms. The van der Waals surface area contributed by atoms with Gasteiger partial charge >= 0.3 is 5.69 Å². The molecule has 0 fully saturated rings. The summed E-state index contributed by atoms with van der Waals surface area (Å²) >= 11 is 7.39. The lowest BCUT2D eigenvalue weighted by molar-refractivity contribution is 0.582. The third-order valence-corrected chi connectivity index (χ3v) is 4.64. The number of benzene rings is 1. The molecule has 0 radical (unpaired) electrons. The summed E-state index contributed by atoms with van der Waals surface area (Å²) in [6, 6.07) is 9.23. The molecule has 3 aromatic rings. The third-order valence-electron chi connectivity index (χ3n) is 3.51. The van der Waals surface area contributed by atoms with E-state index in [1.807, 2.05) is 36.6 Å². The highest BCUT2D eigenvalue weighted by atomic mass is 35.5. The van der Waals surface area contributed by atoms with Crippen molar-refractivity contribution in [2.75, 3.05) is 0 Å². The fourth-order valence-corrected chi connectivity index (χ4v) is 3.58. The zero-order valence-corrected chi connectivity index (χ0v) is 13.7. The van der Waals surface area contributed by atoms with Crippen LogP contribution in [0.1, 0.15) is 18.9 Å². The van der Waals surface area contributed by atoms with Crippen molar-refractivity contribution in [1.29, 1.82) is 0 Å². The highest BCUT2D eigenvalue weighted by Gasteiger charge is 2.14. The van der Waals surface area contributed by atoms with E-state index in [9.17, 15) is 9.59 Å². The van der Waals surface area contributed by atoms with Crippen molar-refractivity contribution in [3.8, 4) is 0 Å². The normalized spacial score (nSPS) is 11.2. The Morgan fingerprint density at radius 2 is 2.00 bits per heavy atom. The zero-order valence-electron chi connectivity index (χ0n) is 12.1. The minimum atomic E-state index is -0.266. The summed E-state index contributed by atoms with van der Waals surface area (Å²) in [4.78, 5) is 25.1. The highest BCUT2D eigenvalue weighted by Crippen LogP contribution is 2.17. The fourth-order valence-electron chi connectivity index (χ4n) is 2.52. The Morgan fingerprint density at radius 3 is 2.73 bits per heavy atom. The molecule has 4 nitrogen and oxygen atoms in total. The highest BCUT2D eigenvalue weighted by molar-refractivity contribution is 7.17. The Hall–Kier alpha value is -1.85. The van der Waals surface area contributed by atoms with Crippen molar-refractivity contribution in [2.45, 2.75) is 26.4 Å². The van der Waals surface area contributed by atoms with Gasteiger partial charge in [0, 0.05) is 11.6 Å².